The van der Waals surface area contributed by atoms with Crippen LogP contribution in [0.1, 0.15) is 26.5 Å². The minimum absolute atomic E-state index is 0.160. The maximum absolute atomic E-state index is 12.9. The number of methoxy groups -OCH3 is 1. The van der Waals surface area contributed by atoms with Crippen LogP contribution in [0.3, 0.4) is 0 Å². The van der Waals surface area contributed by atoms with Crippen molar-refractivity contribution in [3.63, 3.8) is 0 Å². The average molecular weight is 377 g/mol. The monoisotopic (exact) mass is 377 g/mol. The highest BCUT2D eigenvalue weighted by Crippen LogP contribution is 2.21. The van der Waals surface area contributed by atoms with Crippen LogP contribution in [0.2, 0.25) is 0 Å². The number of hydrogen-bond donors (Lipinski definition) is 1. The number of fused-ring (bicyclic) bond motifs is 1. The summed E-state index contributed by atoms with van der Waals surface area (Å²) in [4.78, 5) is 31.1. The van der Waals surface area contributed by atoms with Gasteiger partial charge in [0.25, 0.3) is 11.8 Å². The predicted octanol–water partition coefficient (Wildman–Crippen LogP) is 2.19. The van der Waals surface area contributed by atoms with Crippen molar-refractivity contribution in [1.29, 1.82) is 0 Å². The number of aromatic nitrogens is 3. The molecule has 0 atom stereocenters. The van der Waals surface area contributed by atoms with Crippen molar-refractivity contribution in [1.82, 2.24) is 19.7 Å². The largest absolute Gasteiger partial charge is 0.480 e. The van der Waals surface area contributed by atoms with Crippen molar-refractivity contribution in [3.05, 3.63) is 71.7 Å². The zero-order chi connectivity index (χ0) is 19.5. The third kappa shape index (κ3) is 3.44. The zero-order valence-corrected chi connectivity index (χ0v) is 15.3. The van der Waals surface area contributed by atoms with Crippen LogP contribution in [0.25, 0.3) is 0 Å². The Morgan fingerprint density at radius 3 is 2.71 bits per heavy atom. The molecule has 0 unspecified atom stereocenters. The lowest BCUT2D eigenvalue weighted by Gasteiger charge is -2.27. The second-order valence-corrected chi connectivity index (χ2v) is 6.35. The van der Waals surface area contributed by atoms with E-state index in [1.54, 1.807) is 34.0 Å². The standard InChI is InChI=1S/C20H19N5O3/c1-28-19-16(8-5-9-21-19)20(27)24-10-11-25-15(13-24)12-17(23-25)18(26)22-14-6-3-2-4-7-14/h2-9,12H,10-11,13H2,1H3,(H,22,26). The summed E-state index contributed by atoms with van der Waals surface area (Å²) in [6, 6.07) is 14.3. The Labute approximate surface area is 161 Å². The lowest BCUT2D eigenvalue weighted by Crippen LogP contribution is -2.38. The molecule has 1 aliphatic heterocycles. The lowest BCUT2D eigenvalue weighted by molar-refractivity contribution is 0.0701. The Morgan fingerprint density at radius 1 is 1.11 bits per heavy atom. The maximum atomic E-state index is 12.9. The van der Waals surface area contributed by atoms with Crippen LogP contribution in [0.4, 0.5) is 5.69 Å². The summed E-state index contributed by atoms with van der Waals surface area (Å²) >= 11 is 0. The van der Waals surface area contributed by atoms with Gasteiger partial charge in [-0.2, -0.15) is 5.10 Å². The third-order valence-electron chi connectivity index (χ3n) is 4.54. The second-order valence-electron chi connectivity index (χ2n) is 6.35. The highest BCUT2D eigenvalue weighted by Gasteiger charge is 2.26. The summed E-state index contributed by atoms with van der Waals surface area (Å²) in [7, 11) is 1.49. The molecular weight excluding hydrogens is 358 g/mol. The van der Waals surface area contributed by atoms with Crippen LogP contribution in [0, 0.1) is 0 Å². The van der Waals surface area contributed by atoms with Gasteiger partial charge in [0.2, 0.25) is 5.88 Å². The topological polar surface area (TPSA) is 89.3 Å². The minimum atomic E-state index is -0.278. The Morgan fingerprint density at radius 2 is 1.93 bits per heavy atom. The summed E-state index contributed by atoms with van der Waals surface area (Å²) in [5.74, 6) is -0.137. The van der Waals surface area contributed by atoms with Gasteiger partial charge in [-0.15, -0.1) is 0 Å². The van der Waals surface area contributed by atoms with E-state index in [0.29, 0.717) is 42.5 Å². The molecule has 0 aliphatic carbocycles. The van der Waals surface area contributed by atoms with E-state index < -0.39 is 0 Å². The number of rotatable bonds is 4. The van der Waals surface area contributed by atoms with E-state index in [2.05, 4.69) is 15.4 Å². The molecule has 1 N–H and O–H groups in total. The molecule has 0 spiro atoms. The summed E-state index contributed by atoms with van der Waals surface area (Å²) in [5.41, 5.74) is 2.26. The van der Waals surface area contributed by atoms with Gasteiger partial charge in [-0.25, -0.2) is 4.98 Å². The molecule has 0 saturated carbocycles. The van der Waals surface area contributed by atoms with Gasteiger partial charge < -0.3 is 15.0 Å². The number of benzene rings is 1. The molecule has 1 aromatic carbocycles. The molecule has 4 rings (SSSR count). The molecule has 0 fully saturated rings. The van der Waals surface area contributed by atoms with Crippen molar-refractivity contribution in [2.45, 2.75) is 13.1 Å². The molecule has 3 heterocycles. The molecule has 1 aliphatic rings. The molecule has 142 valence electrons. The molecule has 2 amide bonds. The quantitative estimate of drug-likeness (QED) is 0.753. The van der Waals surface area contributed by atoms with Crippen LogP contribution >= 0.6 is 0 Å². The van der Waals surface area contributed by atoms with Crippen molar-refractivity contribution in [2.24, 2.45) is 0 Å². The molecule has 2 aromatic heterocycles. The molecule has 0 bridgehead atoms. The van der Waals surface area contributed by atoms with Crippen LogP contribution in [-0.4, -0.2) is 45.1 Å². The maximum Gasteiger partial charge on any atom is 0.276 e. The molecular formula is C20H19N5O3. The fourth-order valence-corrected chi connectivity index (χ4v) is 3.15. The molecule has 28 heavy (non-hydrogen) atoms. The van der Waals surface area contributed by atoms with Gasteiger partial charge in [-0.1, -0.05) is 18.2 Å². The van der Waals surface area contributed by atoms with E-state index >= 15 is 0 Å². The summed E-state index contributed by atoms with van der Waals surface area (Å²) in [6.45, 7) is 1.37. The SMILES string of the molecule is COc1ncccc1C(=O)N1CCn2nc(C(=O)Nc3ccccc3)cc2C1. The van der Waals surface area contributed by atoms with E-state index in [0.717, 1.165) is 5.69 Å². The van der Waals surface area contributed by atoms with E-state index in [1.165, 1.54) is 7.11 Å². The normalized spacial score (nSPS) is 13.0. The lowest BCUT2D eigenvalue weighted by atomic mass is 10.2. The summed E-state index contributed by atoms with van der Waals surface area (Å²) in [5, 5.41) is 7.20. The third-order valence-corrected chi connectivity index (χ3v) is 4.54. The Balaban J connectivity index is 1.50. The fraction of sp³-hybridized carbons (Fsp3) is 0.200. The number of anilines is 1. The number of carbonyl (C=O) groups is 2. The number of para-hydroxylation sites is 1. The zero-order valence-electron chi connectivity index (χ0n) is 15.3. The second kappa shape index (κ2) is 7.51. The van der Waals surface area contributed by atoms with Crippen molar-refractivity contribution >= 4 is 17.5 Å². The molecule has 0 saturated heterocycles. The molecule has 3 aromatic rings. The molecule has 0 radical (unpaired) electrons. The van der Waals surface area contributed by atoms with Gasteiger partial charge in [0.1, 0.15) is 5.56 Å². The highest BCUT2D eigenvalue weighted by atomic mass is 16.5. The summed E-state index contributed by atoms with van der Waals surface area (Å²) < 4.78 is 6.96. The van der Waals surface area contributed by atoms with E-state index in [-0.39, 0.29) is 11.8 Å². The van der Waals surface area contributed by atoms with Gasteiger partial charge in [-0.3, -0.25) is 14.3 Å². The van der Waals surface area contributed by atoms with E-state index in [4.69, 9.17) is 4.74 Å². The first-order valence-corrected chi connectivity index (χ1v) is 8.87. The first-order valence-electron chi connectivity index (χ1n) is 8.87. The first-order chi connectivity index (χ1) is 13.7. The highest BCUT2D eigenvalue weighted by molar-refractivity contribution is 6.03. The minimum Gasteiger partial charge on any atom is -0.480 e. The average Bonchev–Trinajstić information content (AvgIpc) is 3.17. The number of nitrogens with zero attached hydrogens (tertiary/aromatic N) is 4. The number of amides is 2. The Hall–Kier alpha value is -3.68. The Kier molecular flexibility index (Phi) is 4.76. The van der Waals surface area contributed by atoms with Gasteiger partial charge in [0, 0.05) is 18.4 Å². The fourth-order valence-electron chi connectivity index (χ4n) is 3.15. The van der Waals surface area contributed by atoms with Crippen molar-refractivity contribution in [3.8, 4) is 5.88 Å². The number of nitrogens with one attached hydrogen (secondary N) is 1. The van der Waals surface area contributed by atoms with Crippen LogP contribution in [0.5, 0.6) is 5.88 Å². The number of ether oxygens (including phenoxy) is 1. The van der Waals surface area contributed by atoms with Gasteiger partial charge in [0.05, 0.1) is 25.9 Å². The van der Waals surface area contributed by atoms with Crippen LogP contribution < -0.4 is 10.1 Å². The first kappa shape index (κ1) is 17.7. The Bertz CT molecular complexity index is 1020. The predicted molar refractivity (Wildman–Crippen MR) is 102 cm³/mol. The van der Waals surface area contributed by atoms with E-state index in [1.807, 2.05) is 30.3 Å². The van der Waals surface area contributed by atoms with Gasteiger partial charge in [-0.05, 0) is 30.3 Å². The van der Waals surface area contributed by atoms with E-state index in [9.17, 15) is 9.59 Å². The van der Waals surface area contributed by atoms with Gasteiger partial charge in [0.15, 0.2) is 5.69 Å². The van der Waals surface area contributed by atoms with Crippen LogP contribution in [-0.2, 0) is 13.1 Å². The number of carbonyl (C=O) groups excluding carboxylic acids is 2. The van der Waals surface area contributed by atoms with Crippen LogP contribution in [0.15, 0.2) is 54.7 Å². The van der Waals surface area contributed by atoms with Crippen molar-refractivity contribution < 1.29 is 14.3 Å². The summed E-state index contributed by atoms with van der Waals surface area (Å²) in [6.07, 6.45) is 1.58. The molecule has 8 nitrogen and oxygen atoms in total. The smallest absolute Gasteiger partial charge is 0.276 e. The van der Waals surface area contributed by atoms with Crippen molar-refractivity contribution in [2.75, 3.05) is 19.0 Å². The number of hydrogen-bond acceptors (Lipinski definition) is 5. The number of pyridine rings is 1. The molecule has 8 heteroatoms. The van der Waals surface area contributed by atoms with Gasteiger partial charge >= 0.3 is 0 Å².